The highest BCUT2D eigenvalue weighted by Gasteiger charge is 2.27. The number of hydrogen-bond acceptors (Lipinski definition) is 7. The van der Waals surface area contributed by atoms with Crippen LogP contribution in [0.2, 0.25) is 0 Å². The average molecular weight is 412 g/mol. The number of carbonyl (C=O) groups excluding carboxylic acids is 2. The highest BCUT2D eigenvalue weighted by Crippen LogP contribution is 2.24. The van der Waals surface area contributed by atoms with Gasteiger partial charge in [0.2, 0.25) is 5.91 Å². The minimum atomic E-state index is -0.391. The second kappa shape index (κ2) is 8.21. The van der Waals surface area contributed by atoms with Gasteiger partial charge in [0.1, 0.15) is 11.5 Å². The second-order valence-electron chi connectivity index (χ2n) is 8.10. The Labute approximate surface area is 175 Å². The fourth-order valence-electron chi connectivity index (χ4n) is 4.42. The molecule has 0 aliphatic carbocycles. The lowest BCUT2D eigenvalue weighted by Crippen LogP contribution is -2.53. The summed E-state index contributed by atoms with van der Waals surface area (Å²) in [5, 5.41) is 5.77. The molecule has 5 heterocycles. The van der Waals surface area contributed by atoms with Crippen molar-refractivity contribution in [3.8, 4) is 0 Å². The van der Waals surface area contributed by atoms with Gasteiger partial charge in [-0.3, -0.25) is 29.2 Å². The third-order valence-electron chi connectivity index (χ3n) is 6.15. The fraction of sp³-hybridized carbons (Fsp3) is 0.550. The van der Waals surface area contributed by atoms with Crippen LogP contribution in [0.15, 0.2) is 24.5 Å². The summed E-state index contributed by atoms with van der Waals surface area (Å²) >= 11 is 0. The van der Waals surface area contributed by atoms with Gasteiger partial charge in [-0.15, -0.1) is 0 Å². The number of imidazole rings is 1. The predicted octanol–water partition coefficient (Wildman–Crippen LogP) is -0.235. The Kier molecular flexibility index (Phi) is 5.28. The summed E-state index contributed by atoms with van der Waals surface area (Å²) in [6.07, 6.45) is 3.96. The Morgan fingerprint density at radius 1 is 0.967 bits per heavy atom. The van der Waals surface area contributed by atoms with Gasteiger partial charge < -0.3 is 10.2 Å². The topological polar surface area (TPSA) is 88.5 Å². The zero-order chi connectivity index (χ0) is 20.5. The van der Waals surface area contributed by atoms with Crippen LogP contribution in [0.3, 0.4) is 0 Å². The van der Waals surface area contributed by atoms with Crippen LogP contribution in [0, 0.1) is 0 Å². The van der Waals surface area contributed by atoms with E-state index in [0.29, 0.717) is 18.8 Å². The van der Waals surface area contributed by atoms with E-state index in [1.807, 2.05) is 10.6 Å². The number of piperazine rings is 2. The van der Waals surface area contributed by atoms with E-state index < -0.39 is 6.03 Å². The molecule has 10 nitrogen and oxygen atoms in total. The van der Waals surface area contributed by atoms with Crippen molar-refractivity contribution in [3.63, 3.8) is 0 Å². The number of rotatable bonds is 4. The lowest BCUT2D eigenvalue weighted by molar-refractivity contribution is -0.120. The zero-order valence-electron chi connectivity index (χ0n) is 17.1. The van der Waals surface area contributed by atoms with E-state index in [4.69, 9.17) is 0 Å². The van der Waals surface area contributed by atoms with Gasteiger partial charge in [-0.2, -0.15) is 0 Å². The quantitative estimate of drug-likeness (QED) is 0.717. The molecule has 3 aliphatic rings. The van der Waals surface area contributed by atoms with Crippen molar-refractivity contribution < 1.29 is 9.59 Å². The zero-order valence-corrected chi connectivity index (χ0v) is 17.1. The average Bonchev–Trinajstić information content (AvgIpc) is 3.18. The molecule has 3 fully saturated rings. The van der Waals surface area contributed by atoms with Crippen molar-refractivity contribution in [3.05, 3.63) is 24.5 Å². The van der Waals surface area contributed by atoms with Gasteiger partial charge in [-0.25, -0.2) is 9.78 Å². The lowest BCUT2D eigenvalue weighted by Gasteiger charge is -2.39. The monoisotopic (exact) mass is 412 g/mol. The number of pyridine rings is 1. The lowest BCUT2D eigenvalue weighted by atomic mass is 10.2. The first-order chi connectivity index (χ1) is 14.7. The van der Waals surface area contributed by atoms with Crippen molar-refractivity contribution >= 4 is 29.1 Å². The molecule has 0 aromatic carbocycles. The molecule has 3 aliphatic heterocycles. The largest absolute Gasteiger partial charge is 0.369 e. The van der Waals surface area contributed by atoms with Crippen molar-refractivity contribution in [2.24, 2.45) is 0 Å². The van der Waals surface area contributed by atoms with Gasteiger partial charge in [0, 0.05) is 83.3 Å². The van der Waals surface area contributed by atoms with Crippen LogP contribution < -0.4 is 20.4 Å². The molecular formula is C20H28N8O2. The molecule has 0 radical (unpaired) electrons. The van der Waals surface area contributed by atoms with Crippen LogP contribution in [0.5, 0.6) is 0 Å². The van der Waals surface area contributed by atoms with Crippen LogP contribution >= 0.6 is 0 Å². The number of hydrogen-bond donors (Lipinski definition) is 2. The van der Waals surface area contributed by atoms with Gasteiger partial charge in [0.25, 0.3) is 0 Å². The molecule has 2 aromatic heterocycles. The van der Waals surface area contributed by atoms with E-state index in [-0.39, 0.29) is 5.91 Å². The summed E-state index contributed by atoms with van der Waals surface area (Å²) in [5.41, 5.74) is 1.95. The molecule has 0 atom stereocenters. The van der Waals surface area contributed by atoms with Gasteiger partial charge in [-0.1, -0.05) is 0 Å². The first-order valence-corrected chi connectivity index (χ1v) is 10.7. The minimum Gasteiger partial charge on any atom is -0.369 e. The Morgan fingerprint density at radius 3 is 2.50 bits per heavy atom. The molecule has 2 aromatic rings. The van der Waals surface area contributed by atoms with E-state index in [1.165, 1.54) is 0 Å². The molecular weight excluding hydrogens is 384 g/mol. The van der Waals surface area contributed by atoms with Crippen molar-refractivity contribution in [2.45, 2.75) is 6.42 Å². The summed E-state index contributed by atoms with van der Waals surface area (Å²) in [7, 11) is 0. The molecule has 10 heteroatoms. The number of aromatic nitrogens is 2. The van der Waals surface area contributed by atoms with Crippen LogP contribution in [-0.2, 0) is 4.79 Å². The Morgan fingerprint density at radius 2 is 1.73 bits per heavy atom. The van der Waals surface area contributed by atoms with E-state index in [9.17, 15) is 9.59 Å². The van der Waals surface area contributed by atoms with Crippen LogP contribution in [0.25, 0.3) is 5.65 Å². The Balaban J connectivity index is 1.24. The molecule has 2 N–H and O–H groups in total. The molecule has 5 rings (SSSR count). The number of nitrogens with zero attached hydrogens (tertiary/aromatic N) is 6. The van der Waals surface area contributed by atoms with E-state index in [2.05, 4.69) is 42.5 Å². The molecule has 30 heavy (non-hydrogen) atoms. The highest BCUT2D eigenvalue weighted by atomic mass is 16.2. The molecule has 160 valence electrons. The number of nitrogens with one attached hydrogen (secondary N) is 2. The summed E-state index contributed by atoms with van der Waals surface area (Å²) in [5.74, 6) is 0.450. The fourth-order valence-corrected chi connectivity index (χ4v) is 4.42. The molecule has 0 bridgehead atoms. The standard InChI is InChI=1S/C20H28N8O2/c29-18-2-6-28(20(30)23-18)19-14-22-17-13-16(1-5-27(17)19)26-11-9-25(10-12-26)15-24-7-3-21-4-8-24/h1,5,13-14,21H,2-4,6-12,15H2,(H,23,29,30). The molecule has 0 unspecified atom stereocenters. The van der Waals surface area contributed by atoms with Crippen molar-refractivity contribution in [1.29, 1.82) is 0 Å². The summed E-state index contributed by atoms with van der Waals surface area (Å²) in [6, 6.07) is 3.76. The number of amides is 3. The number of urea groups is 1. The maximum Gasteiger partial charge on any atom is 0.329 e. The summed E-state index contributed by atoms with van der Waals surface area (Å²) < 4.78 is 1.90. The number of imide groups is 1. The Hall–Kier alpha value is -2.69. The van der Waals surface area contributed by atoms with Gasteiger partial charge in [-0.05, 0) is 6.07 Å². The van der Waals surface area contributed by atoms with Crippen molar-refractivity contribution in [1.82, 2.24) is 29.8 Å². The molecule has 0 saturated carbocycles. The van der Waals surface area contributed by atoms with Gasteiger partial charge in [0.05, 0.1) is 12.9 Å². The highest BCUT2D eigenvalue weighted by molar-refractivity contribution is 6.05. The van der Waals surface area contributed by atoms with E-state index in [0.717, 1.165) is 70.4 Å². The minimum absolute atomic E-state index is 0.233. The van der Waals surface area contributed by atoms with E-state index >= 15 is 0 Å². The summed E-state index contributed by atoms with van der Waals surface area (Å²) in [6.45, 7) is 9.94. The molecule has 3 saturated heterocycles. The summed E-state index contributed by atoms with van der Waals surface area (Å²) in [4.78, 5) is 37.1. The molecule has 3 amide bonds. The smallest absolute Gasteiger partial charge is 0.329 e. The number of anilines is 2. The first kappa shape index (κ1) is 19.3. The van der Waals surface area contributed by atoms with Crippen LogP contribution in [0.1, 0.15) is 6.42 Å². The van der Waals surface area contributed by atoms with Gasteiger partial charge >= 0.3 is 6.03 Å². The first-order valence-electron chi connectivity index (χ1n) is 10.7. The third-order valence-corrected chi connectivity index (χ3v) is 6.15. The number of fused-ring (bicyclic) bond motifs is 1. The van der Waals surface area contributed by atoms with Gasteiger partial charge in [0.15, 0.2) is 0 Å². The third kappa shape index (κ3) is 3.85. The van der Waals surface area contributed by atoms with Crippen LogP contribution in [-0.4, -0.2) is 96.7 Å². The Bertz CT molecular complexity index is 930. The van der Waals surface area contributed by atoms with Crippen molar-refractivity contribution in [2.75, 3.05) is 75.4 Å². The predicted molar refractivity (Wildman–Crippen MR) is 114 cm³/mol. The second-order valence-corrected chi connectivity index (χ2v) is 8.10. The maximum absolute atomic E-state index is 12.2. The van der Waals surface area contributed by atoms with Crippen LogP contribution in [0.4, 0.5) is 16.3 Å². The number of carbonyl (C=O) groups is 2. The normalized spacial score (nSPS) is 22.0. The van der Waals surface area contributed by atoms with E-state index in [1.54, 1.807) is 11.1 Å². The maximum atomic E-state index is 12.2. The molecule has 0 spiro atoms. The SMILES string of the molecule is O=C1CCN(c2cnc3cc(N4CCN(CN5CCNCC5)CC4)ccn23)C(=O)N1.